The van der Waals surface area contributed by atoms with Gasteiger partial charge in [-0.05, 0) is 63.2 Å². The van der Waals surface area contributed by atoms with Crippen LogP contribution in [0.3, 0.4) is 0 Å². The van der Waals surface area contributed by atoms with Crippen molar-refractivity contribution in [2.75, 3.05) is 0 Å². The predicted molar refractivity (Wildman–Crippen MR) is 87.7 cm³/mol. The van der Waals surface area contributed by atoms with Crippen molar-refractivity contribution in [1.29, 1.82) is 0 Å². The molecule has 10 heteroatoms. The summed E-state index contributed by atoms with van der Waals surface area (Å²) < 4.78 is 39.9. The van der Waals surface area contributed by atoms with Crippen LogP contribution in [0.15, 0.2) is 0 Å². The zero-order chi connectivity index (χ0) is 19.6. The molecule has 4 bridgehead atoms. The molecule has 0 aliphatic heterocycles. The molecule has 7 nitrogen and oxygen atoms in total. The summed E-state index contributed by atoms with van der Waals surface area (Å²) in [6, 6.07) is 0. The van der Waals surface area contributed by atoms with E-state index in [1.807, 2.05) is 0 Å². The van der Waals surface area contributed by atoms with E-state index in [1.165, 1.54) is 26.2 Å². The van der Waals surface area contributed by atoms with E-state index in [0.717, 1.165) is 23.9 Å². The summed E-state index contributed by atoms with van der Waals surface area (Å²) >= 11 is 0. The van der Waals surface area contributed by atoms with Crippen LogP contribution in [0.1, 0.15) is 49.9 Å². The number of alkyl halides is 3. The molecule has 27 heavy (non-hydrogen) atoms. The van der Waals surface area contributed by atoms with E-state index < -0.39 is 34.9 Å². The van der Waals surface area contributed by atoms with Gasteiger partial charge in [-0.15, -0.1) is 0 Å². The number of nitrogens with zero attached hydrogens (tertiary/aromatic N) is 3. The van der Waals surface area contributed by atoms with Crippen molar-refractivity contribution < 1.29 is 22.9 Å². The second-order valence-corrected chi connectivity index (χ2v) is 8.44. The Morgan fingerprint density at radius 3 is 2.19 bits per heavy atom. The number of carbonyl (C=O) groups excluding carboxylic acids is 1. The van der Waals surface area contributed by atoms with Crippen molar-refractivity contribution in [2.45, 2.75) is 63.7 Å². The summed E-state index contributed by atoms with van der Waals surface area (Å²) in [7, 11) is 0. The first-order chi connectivity index (χ1) is 12.6. The second-order valence-electron chi connectivity index (χ2n) is 8.44. The van der Waals surface area contributed by atoms with E-state index >= 15 is 0 Å². The summed E-state index contributed by atoms with van der Waals surface area (Å²) in [5.41, 5.74) is -3.20. The number of rotatable bonds is 4. The molecule has 1 aromatic heterocycles. The number of aromatic nitrogens is 2. The standard InChI is InChI=1S/C17H21F3N4O3/c1-9-14(24(26)27)15(17(18,19)20)22-23(9)8-13(25)21-16-5-10-2-11(6-16)4-12(3-10)7-16/h10-12H,2-8H2,1H3,(H,21,25). The second kappa shape index (κ2) is 5.93. The summed E-state index contributed by atoms with van der Waals surface area (Å²) in [6.45, 7) is 0.725. The van der Waals surface area contributed by atoms with Gasteiger partial charge in [-0.3, -0.25) is 19.6 Å². The molecule has 0 atom stereocenters. The van der Waals surface area contributed by atoms with E-state index in [4.69, 9.17) is 0 Å². The van der Waals surface area contributed by atoms with Gasteiger partial charge in [-0.25, -0.2) is 0 Å². The molecule has 1 amide bonds. The van der Waals surface area contributed by atoms with Gasteiger partial charge in [0.2, 0.25) is 11.6 Å². The first-order valence-corrected chi connectivity index (χ1v) is 9.16. The van der Waals surface area contributed by atoms with Gasteiger partial charge in [0.1, 0.15) is 12.2 Å². The number of hydrogen-bond donors (Lipinski definition) is 1. The number of carbonyl (C=O) groups is 1. The van der Waals surface area contributed by atoms with Gasteiger partial charge >= 0.3 is 11.9 Å². The molecular formula is C17H21F3N4O3. The Bertz CT molecular complexity index is 767. The highest BCUT2D eigenvalue weighted by atomic mass is 19.4. The van der Waals surface area contributed by atoms with Crippen LogP contribution >= 0.6 is 0 Å². The van der Waals surface area contributed by atoms with Gasteiger partial charge in [-0.2, -0.15) is 18.3 Å². The van der Waals surface area contributed by atoms with Gasteiger partial charge < -0.3 is 5.32 Å². The number of halogens is 3. The van der Waals surface area contributed by atoms with Crippen LogP contribution in [-0.2, 0) is 17.5 Å². The first kappa shape index (κ1) is 18.2. The third-order valence-corrected chi connectivity index (χ3v) is 6.36. The molecule has 1 heterocycles. The number of amides is 1. The van der Waals surface area contributed by atoms with Crippen LogP contribution in [-0.4, -0.2) is 26.1 Å². The third kappa shape index (κ3) is 3.19. The molecule has 4 saturated carbocycles. The SMILES string of the molecule is Cc1c([N+](=O)[O-])c(C(F)(F)F)nn1CC(=O)NC12CC3CC(CC(C3)C1)C2. The van der Waals surface area contributed by atoms with Gasteiger partial charge in [0.05, 0.1) is 4.92 Å². The molecule has 0 unspecified atom stereocenters. The van der Waals surface area contributed by atoms with Crippen molar-refractivity contribution in [1.82, 2.24) is 15.1 Å². The summed E-state index contributed by atoms with van der Waals surface area (Å²) in [5, 5.41) is 17.4. The van der Waals surface area contributed by atoms with E-state index in [0.29, 0.717) is 17.8 Å². The first-order valence-electron chi connectivity index (χ1n) is 9.16. The Morgan fingerprint density at radius 1 is 1.26 bits per heavy atom. The molecule has 0 aromatic carbocycles. The van der Waals surface area contributed by atoms with E-state index in [2.05, 4.69) is 10.4 Å². The lowest BCUT2D eigenvalue weighted by Crippen LogP contribution is -2.60. The molecule has 4 fully saturated rings. The largest absolute Gasteiger partial charge is 0.442 e. The monoisotopic (exact) mass is 386 g/mol. The Labute approximate surface area is 153 Å². The van der Waals surface area contributed by atoms with Crippen molar-refractivity contribution in [3.8, 4) is 0 Å². The Balaban J connectivity index is 1.53. The Morgan fingerprint density at radius 2 is 1.78 bits per heavy atom. The van der Waals surface area contributed by atoms with Gasteiger partial charge in [-0.1, -0.05) is 0 Å². The maximum absolute atomic E-state index is 13.0. The smallest absolute Gasteiger partial charge is 0.349 e. The molecule has 0 spiro atoms. The minimum absolute atomic E-state index is 0.270. The lowest BCUT2D eigenvalue weighted by Gasteiger charge is -2.56. The van der Waals surface area contributed by atoms with Crippen molar-refractivity contribution in [3.63, 3.8) is 0 Å². The van der Waals surface area contributed by atoms with E-state index in [-0.39, 0.29) is 11.2 Å². The maximum Gasteiger partial charge on any atom is 0.442 e. The minimum Gasteiger partial charge on any atom is -0.349 e. The van der Waals surface area contributed by atoms with Crippen LogP contribution in [0.4, 0.5) is 18.9 Å². The zero-order valence-corrected chi connectivity index (χ0v) is 14.9. The maximum atomic E-state index is 13.0. The van der Waals surface area contributed by atoms with Crippen LogP contribution in [0.25, 0.3) is 0 Å². The highest BCUT2D eigenvalue weighted by Crippen LogP contribution is 2.55. The molecule has 5 rings (SSSR count). The van der Waals surface area contributed by atoms with Crippen molar-refractivity contribution in [2.24, 2.45) is 17.8 Å². The lowest BCUT2D eigenvalue weighted by molar-refractivity contribution is -0.388. The van der Waals surface area contributed by atoms with Crippen LogP contribution < -0.4 is 5.32 Å². The predicted octanol–water partition coefficient (Wildman–Crippen LogP) is 3.20. The number of nitrogens with one attached hydrogen (secondary N) is 1. The molecule has 1 aromatic rings. The number of hydrogen-bond acceptors (Lipinski definition) is 4. The van der Waals surface area contributed by atoms with Crippen LogP contribution in [0.5, 0.6) is 0 Å². The molecule has 4 aliphatic rings. The molecule has 4 aliphatic carbocycles. The zero-order valence-electron chi connectivity index (χ0n) is 14.9. The molecular weight excluding hydrogens is 365 g/mol. The fourth-order valence-electron chi connectivity index (χ4n) is 5.84. The molecule has 148 valence electrons. The Hall–Kier alpha value is -2.13. The Kier molecular flexibility index (Phi) is 4.01. The fourth-order valence-corrected chi connectivity index (χ4v) is 5.84. The normalized spacial score (nSPS) is 31.9. The topological polar surface area (TPSA) is 90.1 Å². The molecule has 0 saturated heterocycles. The summed E-state index contributed by atoms with van der Waals surface area (Å²) in [6.07, 6.45) is 1.40. The van der Waals surface area contributed by atoms with Crippen LogP contribution in [0.2, 0.25) is 0 Å². The highest BCUT2D eigenvalue weighted by Gasteiger charge is 2.51. The van der Waals surface area contributed by atoms with Gasteiger partial charge in [0.15, 0.2) is 0 Å². The lowest BCUT2D eigenvalue weighted by atomic mass is 9.53. The molecule has 1 N–H and O–H groups in total. The number of nitro groups is 1. The third-order valence-electron chi connectivity index (χ3n) is 6.36. The van der Waals surface area contributed by atoms with E-state index in [9.17, 15) is 28.1 Å². The van der Waals surface area contributed by atoms with Gasteiger partial charge in [0.25, 0.3) is 0 Å². The van der Waals surface area contributed by atoms with Crippen molar-refractivity contribution in [3.05, 3.63) is 21.5 Å². The summed E-state index contributed by atoms with van der Waals surface area (Å²) in [4.78, 5) is 22.5. The van der Waals surface area contributed by atoms with Crippen LogP contribution in [0, 0.1) is 34.8 Å². The van der Waals surface area contributed by atoms with Gasteiger partial charge in [0, 0.05) is 5.54 Å². The molecule has 0 radical (unpaired) electrons. The van der Waals surface area contributed by atoms with Crippen molar-refractivity contribution >= 4 is 11.6 Å². The highest BCUT2D eigenvalue weighted by molar-refractivity contribution is 5.77. The quantitative estimate of drug-likeness (QED) is 0.636. The minimum atomic E-state index is -4.95. The average Bonchev–Trinajstić information content (AvgIpc) is 2.82. The average molecular weight is 386 g/mol. The van der Waals surface area contributed by atoms with E-state index in [1.54, 1.807) is 0 Å². The summed E-state index contributed by atoms with van der Waals surface area (Å²) in [5.74, 6) is 1.40. The fraction of sp³-hybridized carbons (Fsp3) is 0.765.